The number of anilines is 1. The Morgan fingerprint density at radius 3 is 2.88 bits per heavy atom. The molecule has 2 unspecified atom stereocenters. The third-order valence-electron chi connectivity index (χ3n) is 3.03. The number of aromatic amines is 1. The molecule has 0 aliphatic heterocycles. The van der Waals surface area contributed by atoms with Crippen molar-refractivity contribution in [3.8, 4) is 0 Å². The van der Waals surface area contributed by atoms with Crippen molar-refractivity contribution in [2.75, 3.05) is 5.32 Å². The summed E-state index contributed by atoms with van der Waals surface area (Å²) in [4.78, 5) is 17.7. The van der Waals surface area contributed by atoms with Crippen LogP contribution in [0.25, 0.3) is 0 Å². The first-order valence-electron chi connectivity index (χ1n) is 5.69. The molecule has 0 saturated heterocycles. The topological polar surface area (TPSA) is 57.8 Å². The van der Waals surface area contributed by atoms with Gasteiger partial charge in [0.05, 0.1) is 6.33 Å². The molecule has 1 aliphatic carbocycles. The van der Waals surface area contributed by atoms with Gasteiger partial charge in [0.2, 0.25) is 0 Å². The molecule has 0 amide bonds. The largest absolute Gasteiger partial charge is 0.366 e. The Morgan fingerprint density at radius 2 is 2.12 bits per heavy atom. The molecule has 86 valence electrons. The Labute approximate surface area is 98.7 Å². The first-order chi connectivity index (χ1) is 8.33. The Kier molecular flexibility index (Phi) is 2.40. The average Bonchev–Trinajstić information content (AvgIpc) is 3.10. The monoisotopic (exact) mass is 227 g/mol. The minimum Gasteiger partial charge on any atom is -0.366 e. The number of rotatable bonds is 3. The number of benzene rings is 1. The molecular weight excluding hydrogens is 214 g/mol. The van der Waals surface area contributed by atoms with E-state index < -0.39 is 0 Å². The van der Waals surface area contributed by atoms with Crippen LogP contribution in [0.5, 0.6) is 0 Å². The van der Waals surface area contributed by atoms with Crippen LogP contribution < -0.4 is 10.9 Å². The number of nitrogens with zero attached hydrogens (tertiary/aromatic N) is 1. The van der Waals surface area contributed by atoms with E-state index in [1.165, 1.54) is 18.0 Å². The lowest BCUT2D eigenvalue weighted by atomic mass is 10.1. The summed E-state index contributed by atoms with van der Waals surface area (Å²) >= 11 is 0. The lowest BCUT2D eigenvalue weighted by molar-refractivity contribution is 1.01. The summed E-state index contributed by atoms with van der Waals surface area (Å²) in [6, 6.07) is 12.3. The summed E-state index contributed by atoms with van der Waals surface area (Å²) in [5.41, 5.74) is 1.22. The molecule has 1 aliphatic rings. The van der Waals surface area contributed by atoms with Crippen LogP contribution in [-0.2, 0) is 0 Å². The molecule has 2 atom stereocenters. The van der Waals surface area contributed by atoms with E-state index in [1.54, 1.807) is 0 Å². The molecule has 4 nitrogen and oxygen atoms in total. The highest BCUT2D eigenvalue weighted by Gasteiger charge is 2.38. The molecule has 3 rings (SSSR count). The van der Waals surface area contributed by atoms with Crippen molar-refractivity contribution in [1.82, 2.24) is 9.97 Å². The molecular formula is C13H13N3O. The molecule has 2 aromatic rings. The van der Waals surface area contributed by atoms with Gasteiger partial charge in [0.1, 0.15) is 5.82 Å². The Balaban J connectivity index is 1.68. The van der Waals surface area contributed by atoms with E-state index in [0.717, 1.165) is 6.42 Å². The molecule has 17 heavy (non-hydrogen) atoms. The highest BCUT2D eigenvalue weighted by molar-refractivity contribution is 5.40. The molecule has 1 saturated carbocycles. The van der Waals surface area contributed by atoms with E-state index in [4.69, 9.17) is 0 Å². The van der Waals surface area contributed by atoms with Crippen LogP contribution in [0.2, 0.25) is 0 Å². The zero-order valence-corrected chi connectivity index (χ0v) is 9.26. The van der Waals surface area contributed by atoms with Crippen molar-refractivity contribution in [2.24, 2.45) is 0 Å². The highest BCUT2D eigenvalue weighted by atomic mass is 16.1. The maximum atomic E-state index is 11.1. The standard InChI is InChI=1S/C13H13N3O/c17-13-7-12(14-8-15-13)16-11-6-10(11)9-4-2-1-3-5-9/h1-5,7-8,10-11H,6H2,(H2,14,15,16,17). The predicted octanol–water partition coefficient (Wildman–Crippen LogP) is 1.74. The number of aromatic nitrogens is 2. The Hall–Kier alpha value is -2.10. The number of hydrogen-bond donors (Lipinski definition) is 2. The van der Waals surface area contributed by atoms with Crippen LogP contribution in [0.3, 0.4) is 0 Å². The molecule has 0 bridgehead atoms. The van der Waals surface area contributed by atoms with Crippen molar-refractivity contribution in [1.29, 1.82) is 0 Å². The van der Waals surface area contributed by atoms with Gasteiger partial charge < -0.3 is 10.3 Å². The van der Waals surface area contributed by atoms with Gasteiger partial charge in [-0.25, -0.2) is 4.98 Å². The van der Waals surface area contributed by atoms with Gasteiger partial charge in [-0.3, -0.25) is 4.79 Å². The molecule has 1 aromatic heterocycles. The summed E-state index contributed by atoms with van der Waals surface area (Å²) in [5.74, 6) is 1.19. The normalized spacial score (nSPS) is 22.1. The summed E-state index contributed by atoms with van der Waals surface area (Å²) in [7, 11) is 0. The van der Waals surface area contributed by atoms with E-state index in [-0.39, 0.29) is 5.56 Å². The third-order valence-corrected chi connectivity index (χ3v) is 3.03. The predicted molar refractivity (Wildman–Crippen MR) is 66.1 cm³/mol. The first-order valence-corrected chi connectivity index (χ1v) is 5.69. The minimum atomic E-state index is -0.126. The maximum absolute atomic E-state index is 11.1. The summed E-state index contributed by atoms with van der Waals surface area (Å²) < 4.78 is 0. The Morgan fingerprint density at radius 1 is 1.29 bits per heavy atom. The van der Waals surface area contributed by atoms with Gasteiger partial charge in [-0.2, -0.15) is 0 Å². The maximum Gasteiger partial charge on any atom is 0.252 e. The van der Waals surface area contributed by atoms with Gasteiger partial charge in [-0.15, -0.1) is 0 Å². The van der Waals surface area contributed by atoms with Gasteiger partial charge in [-0.1, -0.05) is 30.3 Å². The molecule has 1 fully saturated rings. The van der Waals surface area contributed by atoms with Crippen molar-refractivity contribution in [2.45, 2.75) is 18.4 Å². The van der Waals surface area contributed by atoms with Crippen molar-refractivity contribution in [3.05, 3.63) is 58.6 Å². The van der Waals surface area contributed by atoms with Crippen LogP contribution in [0.1, 0.15) is 17.9 Å². The average molecular weight is 227 g/mol. The van der Waals surface area contributed by atoms with Crippen LogP contribution in [0.15, 0.2) is 47.5 Å². The fourth-order valence-electron chi connectivity index (χ4n) is 2.06. The second kappa shape index (κ2) is 4.05. The fraction of sp³-hybridized carbons (Fsp3) is 0.231. The van der Waals surface area contributed by atoms with Crippen LogP contribution in [0, 0.1) is 0 Å². The van der Waals surface area contributed by atoms with Crippen LogP contribution in [-0.4, -0.2) is 16.0 Å². The highest BCUT2D eigenvalue weighted by Crippen LogP contribution is 2.42. The van der Waals surface area contributed by atoms with Gasteiger partial charge in [0.25, 0.3) is 5.56 Å². The lowest BCUT2D eigenvalue weighted by Gasteiger charge is -2.03. The fourth-order valence-corrected chi connectivity index (χ4v) is 2.06. The van der Waals surface area contributed by atoms with E-state index in [2.05, 4.69) is 39.6 Å². The van der Waals surface area contributed by atoms with Gasteiger partial charge in [0.15, 0.2) is 0 Å². The molecule has 4 heteroatoms. The number of H-pyrrole nitrogens is 1. The van der Waals surface area contributed by atoms with Gasteiger partial charge in [0, 0.05) is 18.0 Å². The molecule has 2 N–H and O–H groups in total. The van der Waals surface area contributed by atoms with Gasteiger partial charge in [-0.05, 0) is 12.0 Å². The Bertz CT molecular complexity index is 564. The first kappa shape index (κ1) is 10.1. The number of nitrogens with one attached hydrogen (secondary N) is 2. The van der Waals surface area contributed by atoms with Gasteiger partial charge >= 0.3 is 0 Å². The summed E-state index contributed by atoms with van der Waals surface area (Å²) in [6.07, 6.45) is 2.52. The third kappa shape index (κ3) is 2.20. The van der Waals surface area contributed by atoms with Crippen LogP contribution >= 0.6 is 0 Å². The number of hydrogen-bond acceptors (Lipinski definition) is 3. The zero-order valence-electron chi connectivity index (χ0n) is 9.26. The zero-order chi connectivity index (χ0) is 11.7. The van der Waals surface area contributed by atoms with Crippen molar-refractivity contribution in [3.63, 3.8) is 0 Å². The molecule has 0 radical (unpaired) electrons. The van der Waals surface area contributed by atoms with E-state index >= 15 is 0 Å². The van der Waals surface area contributed by atoms with E-state index in [1.807, 2.05) is 6.07 Å². The minimum absolute atomic E-state index is 0.126. The van der Waals surface area contributed by atoms with Crippen molar-refractivity contribution >= 4 is 5.82 Å². The smallest absolute Gasteiger partial charge is 0.252 e. The molecule has 0 spiro atoms. The second-order valence-corrected chi connectivity index (χ2v) is 4.30. The van der Waals surface area contributed by atoms with Crippen molar-refractivity contribution < 1.29 is 0 Å². The summed E-state index contributed by atoms with van der Waals surface area (Å²) in [5, 5.41) is 3.27. The molecule has 1 aromatic carbocycles. The quantitative estimate of drug-likeness (QED) is 0.839. The van der Waals surface area contributed by atoms with Crippen LogP contribution in [0.4, 0.5) is 5.82 Å². The SMILES string of the molecule is O=c1cc(NC2CC2c2ccccc2)nc[nH]1. The lowest BCUT2D eigenvalue weighted by Crippen LogP contribution is -2.11. The summed E-state index contributed by atoms with van der Waals surface area (Å²) in [6.45, 7) is 0. The van der Waals surface area contributed by atoms with E-state index in [0.29, 0.717) is 17.8 Å². The second-order valence-electron chi connectivity index (χ2n) is 4.30. The van der Waals surface area contributed by atoms with E-state index in [9.17, 15) is 4.79 Å². The molecule has 1 heterocycles.